The lowest BCUT2D eigenvalue weighted by Crippen LogP contribution is -2.41. The van der Waals surface area contributed by atoms with Crippen LogP contribution in [-0.4, -0.2) is 57.9 Å². The maximum Gasteiger partial charge on any atom is 0.258 e. The van der Waals surface area contributed by atoms with Crippen LogP contribution in [0.1, 0.15) is 37.5 Å². The van der Waals surface area contributed by atoms with E-state index in [0.717, 1.165) is 29.7 Å². The molecule has 0 unspecified atom stereocenters. The zero-order valence-corrected chi connectivity index (χ0v) is 20.7. The molecule has 1 aromatic heterocycles. The van der Waals surface area contributed by atoms with Crippen molar-refractivity contribution in [3.8, 4) is 28.6 Å². The summed E-state index contributed by atoms with van der Waals surface area (Å²) >= 11 is 0. The molecule has 0 saturated heterocycles. The first kappa shape index (κ1) is 24.7. The summed E-state index contributed by atoms with van der Waals surface area (Å²) in [6.07, 6.45) is 0.310. The molecule has 0 saturated carbocycles. The summed E-state index contributed by atoms with van der Waals surface area (Å²) in [5.74, 6) is 1.48. The van der Waals surface area contributed by atoms with Crippen molar-refractivity contribution in [3.63, 3.8) is 0 Å². The number of carbonyl (C=O) groups is 1. The molecule has 0 aliphatic carbocycles. The summed E-state index contributed by atoms with van der Waals surface area (Å²) in [7, 11) is 0. The molecule has 0 fully saturated rings. The summed E-state index contributed by atoms with van der Waals surface area (Å²) in [6, 6.07) is 9.53. The first-order chi connectivity index (χ1) is 16.7. The van der Waals surface area contributed by atoms with Crippen molar-refractivity contribution in [2.24, 2.45) is 0 Å². The minimum absolute atomic E-state index is 0.0319. The lowest BCUT2D eigenvalue weighted by molar-refractivity contribution is -0.122. The van der Waals surface area contributed by atoms with Gasteiger partial charge in [0, 0.05) is 30.8 Å². The van der Waals surface area contributed by atoms with Crippen LogP contribution in [0.25, 0.3) is 22.8 Å². The molecule has 1 atom stereocenters. The number of nitrogens with one attached hydrogen (secondary N) is 1. The Balaban J connectivity index is 1.48. The van der Waals surface area contributed by atoms with Gasteiger partial charge in [-0.2, -0.15) is 4.98 Å². The lowest BCUT2D eigenvalue weighted by atomic mass is 9.91. The molecule has 2 aromatic carbocycles. The number of anilines is 1. The van der Waals surface area contributed by atoms with Gasteiger partial charge in [-0.05, 0) is 69.0 Å². The normalized spacial score (nSPS) is 14.6. The summed E-state index contributed by atoms with van der Waals surface area (Å²) in [5.41, 5.74) is 11.9. The maximum absolute atomic E-state index is 12.1. The van der Waals surface area contributed by atoms with Crippen LogP contribution in [0.3, 0.4) is 0 Å². The SMILES string of the molecule is Cc1c(-c2noc(-c3ccc(OC(C)C)c(N)c3)n2)ccc2c1CCN(CC(=O)NC[C@H](C)O)C2. The fourth-order valence-corrected chi connectivity index (χ4v) is 4.29. The minimum atomic E-state index is -0.552. The second kappa shape index (κ2) is 10.5. The maximum atomic E-state index is 12.1. The molecule has 1 aliphatic rings. The smallest absolute Gasteiger partial charge is 0.258 e. The average Bonchev–Trinajstić information content (AvgIpc) is 3.29. The molecular formula is C26H33N5O4. The number of hydrogen-bond donors (Lipinski definition) is 3. The van der Waals surface area contributed by atoms with E-state index < -0.39 is 6.10 Å². The van der Waals surface area contributed by atoms with E-state index in [0.29, 0.717) is 36.2 Å². The quantitative estimate of drug-likeness (QED) is 0.421. The number of hydrogen-bond acceptors (Lipinski definition) is 8. The van der Waals surface area contributed by atoms with E-state index in [4.69, 9.17) is 15.0 Å². The van der Waals surface area contributed by atoms with Crippen molar-refractivity contribution in [1.82, 2.24) is 20.4 Å². The van der Waals surface area contributed by atoms with E-state index >= 15 is 0 Å². The Labute approximate surface area is 205 Å². The number of nitrogens with zero attached hydrogens (tertiary/aromatic N) is 3. The molecule has 1 aliphatic heterocycles. The predicted molar refractivity (Wildman–Crippen MR) is 134 cm³/mol. The Bertz CT molecular complexity index is 1200. The van der Waals surface area contributed by atoms with Crippen LogP contribution in [0.4, 0.5) is 5.69 Å². The molecule has 35 heavy (non-hydrogen) atoms. The van der Waals surface area contributed by atoms with E-state index in [1.165, 1.54) is 11.1 Å². The third-order valence-corrected chi connectivity index (χ3v) is 6.02. The van der Waals surface area contributed by atoms with Gasteiger partial charge in [-0.1, -0.05) is 17.3 Å². The van der Waals surface area contributed by atoms with Gasteiger partial charge in [-0.3, -0.25) is 9.69 Å². The topological polar surface area (TPSA) is 127 Å². The van der Waals surface area contributed by atoms with Crippen molar-refractivity contribution in [2.45, 2.75) is 52.9 Å². The summed E-state index contributed by atoms with van der Waals surface area (Å²) in [5, 5.41) is 16.3. The summed E-state index contributed by atoms with van der Waals surface area (Å²) in [4.78, 5) is 18.9. The molecule has 2 heterocycles. The third kappa shape index (κ3) is 5.80. The molecule has 1 amide bonds. The number of ether oxygens (including phenoxy) is 1. The third-order valence-electron chi connectivity index (χ3n) is 6.02. The van der Waals surface area contributed by atoms with Crippen LogP contribution >= 0.6 is 0 Å². The molecule has 0 radical (unpaired) electrons. The molecule has 9 nitrogen and oxygen atoms in total. The van der Waals surface area contributed by atoms with E-state index in [2.05, 4.69) is 33.3 Å². The van der Waals surface area contributed by atoms with Crippen LogP contribution in [0.2, 0.25) is 0 Å². The number of fused-ring (bicyclic) bond motifs is 1. The van der Waals surface area contributed by atoms with Gasteiger partial charge in [0.15, 0.2) is 0 Å². The molecule has 4 rings (SSSR count). The second-order valence-electron chi connectivity index (χ2n) is 9.33. The van der Waals surface area contributed by atoms with E-state index in [9.17, 15) is 9.90 Å². The summed E-state index contributed by atoms with van der Waals surface area (Å²) in [6.45, 7) is 9.68. The first-order valence-electron chi connectivity index (χ1n) is 11.9. The largest absolute Gasteiger partial charge is 0.489 e. The van der Waals surface area contributed by atoms with Crippen LogP contribution in [0.15, 0.2) is 34.9 Å². The predicted octanol–water partition coefficient (Wildman–Crippen LogP) is 2.94. The Kier molecular flexibility index (Phi) is 7.37. The number of carbonyl (C=O) groups excluding carboxylic acids is 1. The lowest BCUT2D eigenvalue weighted by Gasteiger charge is -2.29. The number of nitrogens with two attached hydrogens (primary N) is 1. The number of benzene rings is 2. The molecule has 3 aromatic rings. The van der Waals surface area contributed by atoms with Crippen LogP contribution in [-0.2, 0) is 17.8 Å². The van der Waals surface area contributed by atoms with E-state index in [1.807, 2.05) is 32.0 Å². The number of nitrogen functional groups attached to an aromatic ring is 1. The molecular weight excluding hydrogens is 446 g/mol. The van der Waals surface area contributed by atoms with E-state index in [-0.39, 0.29) is 18.6 Å². The van der Waals surface area contributed by atoms with Gasteiger partial charge < -0.3 is 25.4 Å². The van der Waals surface area contributed by atoms with Crippen molar-refractivity contribution in [2.75, 3.05) is 25.4 Å². The zero-order chi connectivity index (χ0) is 25.1. The van der Waals surface area contributed by atoms with E-state index in [1.54, 1.807) is 13.0 Å². The van der Waals surface area contributed by atoms with Gasteiger partial charge in [0.05, 0.1) is 24.4 Å². The monoisotopic (exact) mass is 479 g/mol. The van der Waals surface area contributed by atoms with Gasteiger partial charge in [0.2, 0.25) is 11.7 Å². The zero-order valence-electron chi connectivity index (χ0n) is 20.7. The Morgan fingerprint density at radius 2 is 2.09 bits per heavy atom. The average molecular weight is 480 g/mol. The Morgan fingerprint density at radius 3 is 2.80 bits per heavy atom. The number of aromatic nitrogens is 2. The van der Waals surface area contributed by atoms with Gasteiger partial charge in [0.25, 0.3) is 5.89 Å². The van der Waals surface area contributed by atoms with Crippen molar-refractivity contribution < 1.29 is 19.2 Å². The molecule has 186 valence electrons. The highest BCUT2D eigenvalue weighted by Crippen LogP contribution is 2.32. The Morgan fingerprint density at radius 1 is 1.29 bits per heavy atom. The second-order valence-corrected chi connectivity index (χ2v) is 9.33. The minimum Gasteiger partial charge on any atom is -0.489 e. The highest BCUT2D eigenvalue weighted by molar-refractivity contribution is 5.78. The highest BCUT2D eigenvalue weighted by Gasteiger charge is 2.23. The fraction of sp³-hybridized carbons (Fsp3) is 0.423. The van der Waals surface area contributed by atoms with Crippen LogP contribution in [0, 0.1) is 6.92 Å². The van der Waals surface area contributed by atoms with Gasteiger partial charge in [-0.15, -0.1) is 0 Å². The Hall–Kier alpha value is -3.43. The number of rotatable bonds is 8. The van der Waals surface area contributed by atoms with Crippen molar-refractivity contribution in [3.05, 3.63) is 47.0 Å². The summed E-state index contributed by atoms with van der Waals surface area (Å²) < 4.78 is 11.3. The van der Waals surface area contributed by atoms with Crippen LogP contribution < -0.4 is 15.8 Å². The molecule has 0 bridgehead atoms. The van der Waals surface area contributed by atoms with Gasteiger partial charge >= 0.3 is 0 Å². The first-order valence-corrected chi connectivity index (χ1v) is 11.9. The van der Waals surface area contributed by atoms with Crippen molar-refractivity contribution >= 4 is 11.6 Å². The number of amides is 1. The highest BCUT2D eigenvalue weighted by atomic mass is 16.5. The number of aliphatic hydroxyl groups is 1. The van der Waals surface area contributed by atoms with Crippen molar-refractivity contribution in [1.29, 1.82) is 0 Å². The van der Waals surface area contributed by atoms with Gasteiger partial charge in [0.1, 0.15) is 5.75 Å². The van der Waals surface area contributed by atoms with Crippen LogP contribution in [0.5, 0.6) is 5.75 Å². The fourth-order valence-electron chi connectivity index (χ4n) is 4.29. The molecule has 9 heteroatoms. The standard InChI is InChI=1S/C26H33N5O4/c1-15(2)34-23-8-6-18(11-22(23)27)26-29-25(30-35-26)21-7-5-19-13-31(10-9-20(19)17(21)4)14-24(33)28-12-16(3)32/h5-8,11,15-16,32H,9-10,12-14,27H2,1-4H3,(H,28,33)/t16-/m0/s1. The molecule has 0 spiro atoms. The van der Waals surface area contributed by atoms with Gasteiger partial charge in [-0.25, -0.2) is 0 Å². The number of aliphatic hydroxyl groups excluding tert-OH is 1. The molecule has 4 N–H and O–H groups in total.